The first-order valence-corrected chi connectivity index (χ1v) is 11.2. The van der Waals surface area contributed by atoms with E-state index in [1.165, 1.54) is 5.56 Å². The number of hydrogen-bond donors (Lipinski definition) is 1. The van der Waals surface area contributed by atoms with E-state index in [4.69, 9.17) is 0 Å². The lowest BCUT2D eigenvalue weighted by Crippen LogP contribution is -2.41. The number of fused-ring (bicyclic) bond motifs is 1. The zero-order valence-electron chi connectivity index (χ0n) is 18.3. The molecule has 3 heterocycles. The van der Waals surface area contributed by atoms with Gasteiger partial charge in [0.15, 0.2) is 11.6 Å². The van der Waals surface area contributed by atoms with Crippen molar-refractivity contribution in [2.24, 2.45) is 5.92 Å². The Morgan fingerprint density at radius 3 is 2.68 bits per heavy atom. The van der Waals surface area contributed by atoms with Gasteiger partial charge in [-0.25, -0.2) is 0 Å². The van der Waals surface area contributed by atoms with Gasteiger partial charge in [-0.1, -0.05) is 44.2 Å². The highest BCUT2D eigenvalue weighted by atomic mass is 16.3. The molecule has 166 valence electrons. The summed E-state index contributed by atoms with van der Waals surface area (Å²) in [6.45, 7) is 5.77. The van der Waals surface area contributed by atoms with E-state index in [-0.39, 0.29) is 23.8 Å². The number of carbonyl (C=O) groups excluding carboxylic acids is 2. The van der Waals surface area contributed by atoms with Gasteiger partial charge in [-0.3, -0.25) is 9.59 Å². The quantitative estimate of drug-likeness (QED) is 0.764. The number of carbonyl (C=O) groups is 2. The second-order valence-electron chi connectivity index (χ2n) is 8.83. The van der Waals surface area contributed by atoms with E-state index in [0.29, 0.717) is 39.0 Å². The molecule has 8 heteroatoms. The Labute approximate surface area is 182 Å². The number of benzene rings is 1. The van der Waals surface area contributed by atoms with Gasteiger partial charge >= 0.3 is 0 Å². The maximum Gasteiger partial charge on any atom is 0.225 e. The molecule has 0 bridgehead atoms. The van der Waals surface area contributed by atoms with Crippen molar-refractivity contribution in [3.63, 3.8) is 0 Å². The molecule has 1 N–H and O–H groups in total. The van der Waals surface area contributed by atoms with E-state index in [9.17, 15) is 14.7 Å². The lowest BCUT2D eigenvalue weighted by atomic mass is 10.1. The molecule has 2 aliphatic rings. The highest BCUT2D eigenvalue weighted by Crippen LogP contribution is 2.33. The highest BCUT2D eigenvalue weighted by Gasteiger charge is 2.39. The Hall–Kier alpha value is -2.74. The number of β-amino-alcohol motifs (C(OH)–C–C–N with tert-alkyl or cyclic N) is 1. The molecule has 2 aliphatic heterocycles. The van der Waals surface area contributed by atoms with Crippen LogP contribution in [-0.4, -0.2) is 60.7 Å². The third-order valence-corrected chi connectivity index (χ3v) is 6.18. The third-order valence-electron chi connectivity index (χ3n) is 6.18. The van der Waals surface area contributed by atoms with Crippen LogP contribution < -0.4 is 0 Å². The molecule has 0 aliphatic carbocycles. The number of aliphatic hydroxyl groups excluding tert-OH is 1. The fourth-order valence-corrected chi connectivity index (χ4v) is 4.55. The lowest BCUT2D eigenvalue weighted by molar-refractivity contribution is -0.136. The molecule has 2 atom stereocenters. The molecule has 1 aromatic carbocycles. The van der Waals surface area contributed by atoms with E-state index in [1.54, 1.807) is 4.90 Å². The fraction of sp³-hybridized carbons (Fsp3) is 0.565. The zero-order chi connectivity index (χ0) is 22.0. The van der Waals surface area contributed by atoms with Gasteiger partial charge < -0.3 is 19.5 Å². The predicted octanol–water partition coefficient (Wildman–Crippen LogP) is 1.93. The van der Waals surface area contributed by atoms with Crippen LogP contribution in [0.2, 0.25) is 0 Å². The normalized spacial score (nSPS) is 20.9. The Morgan fingerprint density at radius 2 is 1.94 bits per heavy atom. The van der Waals surface area contributed by atoms with Crippen molar-refractivity contribution in [3.8, 4) is 0 Å². The van der Waals surface area contributed by atoms with Crippen molar-refractivity contribution in [2.75, 3.05) is 13.1 Å². The molecule has 0 spiro atoms. The zero-order valence-corrected chi connectivity index (χ0v) is 18.3. The average Bonchev–Trinajstić information content (AvgIpc) is 3.36. The lowest BCUT2D eigenvalue weighted by Gasteiger charge is -2.31. The van der Waals surface area contributed by atoms with Gasteiger partial charge in [0.05, 0.1) is 18.7 Å². The number of aromatic nitrogens is 3. The monoisotopic (exact) mass is 425 g/mol. The molecule has 0 unspecified atom stereocenters. The Kier molecular flexibility index (Phi) is 6.36. The summed E-state index contributed by atoms with van der Waals surface area (Å²) in [5, 5.41) is 19.0. The van der Waals surface area contributed by atoms with E-state index in [0.717, 1.165) is 24.5 Å². The molecule has 1 aromatic heterocycles. The summed E-state index contributed by atoms with van der Waals surface area (Å²) in [6, 6.07) is 9.88. The molecule has 1 saturated heterocycles. The largest absolute Gasteiger partial charge is 0.391 e. The summed E-state index contributed by atoms with van der Waals surface area (Å²) in [4.78, 5) is 28.9. The molecular weight excluding hydrogens is 394 g/mol. The Balaban J connectivity index is 1.43. The van der Waals surface area contributed by atoms with Gasteiger partial charge in [-0.2, -0.15) is 0 Å². The van der Waals surface area contributed by atoms with Crippen LogP contribution in [0, 0.1) is 5.92 Å². The van der Waals surface area contributed by atoms with Crippen molar-refractivity contribution < 1.29 is 14.7 Å². The maximum absolute atomic E-state index is 13.0. The predicted molar refractivity (Wildman–Crippen MR) is 115 cm³/mol. The number of nitrogens with zero attached hydrogens (tertiary/aromatic N) is 5. The van der Waals surface area contributed by atoms with Crippen molar-refractivity contribution in [2.45, 2.75) is 64.8 Å². The summed E-state index contributed by atoms with van der Waals surface area (Å²) < 4.78 is 2.02. The maximum atomic E-state index is 13.0. The number of aliphatic hydroxyl groups is 1. The standard InChI is InChI=1S/C23H31N5O3/c1-16(2)23(31)26-11-12-27-20(15-26)24-25-22(27)19-13-18(29)14-28(19)21(30)10-6-9-17-7-4-3-5-8-17/h3-5,7-8,16,18-19,29H,6,9-15H2,1-2H3/t18-,19-/m0/s1. The van der Waals surface area contributed by atoms with Gasteiger partial charge in [0, 0.05) is 38.4 Å². The van der Waals surface area contributed by atoms with Gasteiger partial charge in [0.25, 0.3) is 0 Å². The molecule has 2 aromatic rings. The van der Waals surface area contributed by atoms with Crippen molar-refractivity contribution in [1.82, 2.24) is 24.6 Å². The van der Waals surface area contributed by atoms with E-state index >= 15 is 0 Å². The van der Waals surface area contributed by atoms with E-state index < -0.39 is 6.10 Å². The Bertz CT molecular complexity index is 927. The second kappa shape index (κ2) is 9.18. The van der Waals surface area contributed by atoms with Crippen LogP contribution in [0.15, 0.2) is 30.3 Å². The summed E-state index contributed by atoms with van der Waals surface area (Å²) in [5.41, 5.74) is 1.22. The first kappa shape index (κ1) is 21.5. The molecule has 8 nitrogen and oxygen atoms in total. The Morgan fingerprint density at radius 1 is 1.16 bits per heavy atom. The van der Waals surface area contributed by atoms with Gasteiger partial charge in [0.1, 0.15) is 0 Å². The summed E-state index contributed by atoms with van der Waals surface area (Å²) in [6.07, 6.45) is 1.98. The van der Waals surface area contributed by atoms with Crippen LogP contribution in [0.3, 0.4) is 0 Å². The van der Waals surface area contributed by atoms with E-state index in [1.807, 2.05) is 41.5 Å². The number of aryl methyl sites for hydroxylation is 1. The van der Waals surface area contributed by atoms with Crippen molar-refractivity contribution in [3.05, 3.63) is 47.5 Å². The number of amides is 2. The minimum atomic E-state index is -0.557. The second-order valence-corrected chi connectivity index (χ2v) is 8.83. The minimum absolute atomic E-state index is 0.0438. The van der Waals surface area contributed by atoms with Gasteiger partial charge in [-0.15, -0.1) is 10.2 Å². The van der Waals surface area contributed by atoms with Crippen LogP contribution in [-0.2, 0) is 29.1 Å². The number of rotatable bonds is 6. The first-order chi connectivity index (χ1) is 14.9. The first-order valence-electron chi connectivity index (χ1n) is 11.2. The van der Waals surface area contributed by atoms with Crippen LogP contribution >= 0.6 is 0 Å². The molecule has 31 heavy (non-hydrogen) atoms. The van der Waals surface area contributed by atoms with Gasteiger partial charge in [0.2, 0.25) is 11.8 Å². The smallest absolute Gasteiger partial charge is 0.225 e. The van der Waals surface area contributed by atoms with Crippen LogP contribution in [0.1, 0.15) is 56.4 Å². The number of likely N-dealkylation sites (tertiary alicyclic amines) is 1. The molecule has 0 radical (unpaired) electrons. The van der Waals surface area contributed by atoms with Crippen LogP contribution in [0.5, 0.6) is 0 Å². The number of hydrogen-bond acceptors (Lipinski definition) is 5. The highest BCUT2D eigenvalue weighted by molar-refractivity contribution is 5.78. The fourth-order valence-electron chi connectivity index (χ4n) is 4.55. The average molecular weight is 426 g/mol. The van der Waals surface area contributed by atoms with Crippen molar-refractivity contribution in [1.29, 1.82) is 0 Å². The summed E-state index contributed by atoms with van der Waals surface area (Å²) in [7, 11) is 0. The SMILES string of the molecule is CC(C)C(=O)N1CCn2c(nnc2[C@@H]2C[C@H](O)CN2C(=O)CCCc2ccccc2)C1. The van der Waals surface area contributed by atoms with E-state index in [2.05, 4.69) is 22.3 Å². The van der Waals surface area contributed by atoms with Crippen LogP contribution in [0.25, 0.3) is 0 Å². The summed E-state index contributed by atoms with van der Waals surface area (Å²) in [5.74, 6) is 1.57. The van der Waals surface area contributed by atoms with Crippen LogP contribution in [0.4, 0.5) is 0 Å². The molecule has 2 amide bonds. The topological polar surface area (TPSA) is 91.6 Å². The van der Waals surface area contributed by atoms with Gasteiger partial charge in [-0.05, 0) is 18.4 Å². The molecule has 1 fully saturated rings. The molecular formula is C23H31N5O3. The molecule has 4 rings (SSSR count). The summed E-state index contributed by atoms with van der Waals surface area (Å²) >= 11 is 0. The molecule has 0 saturated carbocycles. The third kappa shape index (κ3) is 4.63. The minimum Gasteiger partial charge on any atom is -0.391 e. The van der Waals surface area contributed by atoms with Crippen molar-refractivity contribution >= 4 is 11.8 Å².